The zero-order valence-electron chi connectivity index (χ0n) is 50.6. The van der Waals surface area contributed by atoms with Crippen molar-refractivity contribution in [3.8, 4) is 0 Å². The molecule has 3 aromatic rings. The Labute approximate surface area is 516 Å². The van der Waals surface area contributed by atoms with Crippen LogP contribution in [0.2, 0.25) is 0 Å². The molecule has 0 fully saturated rings. The number of rotatable bonds is 49. The Hall–Kier alpha value is -2.70. The van der Waals surface area contributed by atoms with Crippen LogP contribution < -0.4 is 64.6 Å². The van der Waals surface area contributed by atoms with E-state index < -0.39 is 0 Å². The molecule has 0 amide bonds. The van der Waals surface area contributed by atoms with E-state index in [4.69, 9.17) is 14.2 Å². The Morgan fingerprint density at radius 1 is 0.253 bits per heavy atom. The van der Waals surface area contributed by atoms with Gasteiger partial charge in [0, 0.05) is 55.7 Å². The van der Waals surface area contributed by atoms with E-state index in [9.17, 15) is 14.4 Å². The fourth-order valence-corrected chi connectivity index (χ4v) is 9.27. The van der Waals surface area contributed by atoms with E-state index in [0.29, 0.717) is 39.1 Å². The Kier molecular flexibility index (Phi) is 67.4. The van der Waals surface area contributed by atoms with Crippen LogP contribution in [-0.4, -0.2) is 37.7 Å². The lowest BCUT2D eigenvalue weighted by Gasteiger charge is -2.04. The van der Waals surface area contributed by atoms with Crippen LogP contribution in [-0.2, 0) is 48.2 Å². The van der Waals surface area contributed by atoms with Crippen LogP contribution in [0.4, 0.5) is 0 Å². The molecular weight excluding hydrogens is 1180 g/mol. The third kappa shape index (κ3) is 59.7. The lowest BCUT2D eigenvalue weighted by molar-refractivity contribution is -0.698. The molecule has 0 saturated heterocycles. The van der Waals surface area contributed by atoms with E-state index in [-0.39, 0.29) is 68.9 Å². The number of hydrogen-bond acceptors (Lipinski definition) is 6. The number of pyridine rings is 3. The van der Waals surface area contributed by atoms with E-state index in [1.54, 1.807) is 0 Å². The SMILES string of the molecule is CCCCCCCCCCCC(=O)OCC[n+]1ccccc1.CCCCCCCCCCCCCCCC(=O)OCC[n+]1ccccc1.CCCCCCCCCCCCCCCCCC(=O)OCC[n+]1ccccc1.[Br-].[Br-].[Br-]. The first-order valence-electron chi connectivity index (χ1n) is 31.8. The minimum Gasteiger partial charge on any atom is -1.00 e. The van der Waals surface area contributed by atoms with E-state index in [1.165, 1.54) is 199 Å². The molecule has 12 heteroatoms. The first-order chi connectivity index (χ1) is 37.5. The van der Waals surface area contributed by atoms with Crippen molar-refractivity contribution < 1.29 is 93.2 Å². The van der Waals surface area contributed by atoms with Gasteiger partial charge in [-0.05, 0) is 19.3 Å². The summed E-state index contributed by atoms with van der Waals surface area (Å²) >= 11 is 0. The molecule has 0 radical (unpaired) electrons. The van der Waals surface area contributed by atoms with Crippen LogP contribution in [0.3, 0.4) is 0 Å². The molecule has 0 N–H and O–H groups in total. The highest BCUT2D eigenvalue weighted by Crippen LogP contribution is 2.16. The molecule has 0 aliphatic carbocycles. The number of halogens is 3. The normalized spacial score (nSPS) is 10.4. The Bertz CT molecular complexity index is 1680. The second kappa shape index (κ2) is 66.1. The van der Waals surface area contributed by atoms with Crippen molar-refractivity contribution >= 4 is 17.9 Å². The van der Waals surface area contributed by atoms with Gasteiger partial charge in [-0.1, -0.05) is 257 Å². The zero-order chi connectivity index (χ0) is 54.7. The third-order valence-corrected chi connectivity index (χ3v) is 14.1. The lowest BCUT2D eigenvalue weighted by Crippen LogP contribution is -3.00. The lowest BCUT2D eigenvalue weighted by atomic mass is 10.0. The minimum atomic E-state index is -0.0560. The van der Waals surface area contributed by atoms with Gasteiger partial charge in [-0.25, -0.2) is 13.7 Å². The number of hydrogen-bond donors (Lipinski definition) is 0. The van der Waals surface area contributed by atoms with Gasteiger partial charge in [0.1, 0.15) is 0 Å². The molecule has 0 aliphatic rings. The maximum atomic E-state index is 11.7. The molecule has 456 valence electrons. The topological polar surface area (TPSA) is 90.5 Å². The zero-order valence-corrected chi connectivity index (χ0v) is 55.4. The Balaban J connectivity index is -0.00000108. The summed E-state index contributed by atoms with van der Waals surface area (Å²) in [5, 5.41) is 0. The number of ether oxygens (including phenoxy) is 3. The number of carbonyl (C=O) groups excluding carboxylic acids is 3. The fourth-order valence-electron chi connectivity index (χ4n) is 9.27. The second-order valence-corrected chi connectivity index (χ2v) is 21.3. The van der Waals surface area contributed by atoms with Crippen molar-refractivity contribution in [1.29, 1.82) is 0 Å². The van der Waals surface area contributed by atoms with Crippen LogP contribution in [0.25, 0.3) is 0 Å². The highest BCUT2D eigenvalue weighted by Gasteiger charge is 2.08. The molecule has 3 rings (SSSR count). The van der Waals surface area contributed by atoms with Gasteiger partial charge in [0.05, 0.1) is 0 Å². The number of nitrogens with zero attached hydrogens (tertiary/aromatic N) is 3. The predicted octanol–water partition coefficient (Wildman–Crippen LogP) is 8.23. The van der Waals surface area contributed by atoms with Crippen LogP contribution in [0, 0.1) is 0 Å². The van der Waals surface area contributed by atoms with Gasteiger partial charge >= 0.3 is 17.9 Å². The van der Waals surface area contributed by atoms with Gasteiger partial charge in [-0.2, -0.15) is 0 Å². The molecule has 79 heavy (non-hydrogen) atoms. The summed E-state index contributed by atoms with van der Waals surface area (Å²) < 4.78 is 21.9. The minimum absolute atomic E-state index is 0. The number of unbranched alkanes of at least 4 members (excludes halogenated alkanes) is 34. The van der Waals surface area contributed by atoms with Crippen molar-refractivity contribution in [3.63, 3.8) is 0 Å². The van der Waals surface area contributed by atoms with Crippen LogP contribution in [0.1, 0.15) is 278 Å². The average molecular weight is 1300 g/mol. The quantitative estimate of drug-likeness (QED) is 0.0245. The highest BCUT2D eigenvalue weighted by molar-refractivity contribution is 5.69. The van der Waals surface area contributed by atoms with Gasteiger partial charge in [-0.3, -0.25) is 14.4 Å². The highest BCUT2D eigenvalue weighted by atomic mass is 79.9. The van der Waals surface area contributed by atoms with Gasteiger partial charge in [0.25, 0.3) is 0 Å². The fraction of sp³-hybridized carbons (Fsp3) is 0.731. The summed E-state index contributed by atoms with van der Waals surface area (Å²) in [6, 6.07) is 17.8. The Morgan fingerprint density at radius 3 is 0.595 bits per heavy atom. The van der Waals surface area contributed by atoms with E-state index in [1.807, 2.05) is 105 Å². The molecule has 0 spiro atoms. The summed E-state index contributed by atoms with van der Waals surface area (Å²) in [4.78, 5) is 35.0. The molecule has 0 aromatic carbocycles. The van der Waals surface area contributed by atoms with Gasteiger partial charge in [0.2, 0.25) is 0 Å². The summed E-state index contributed by atoms with van der Waals surface area (Å²) in [6.45, 7) is 10.4. The molecule has 3 aromatic heterocycles. The van der Waals surface area contributed by atoms with Crippen molar-refractivity contribution in [3.05, 3.63) is 91.8 Å². The second-order valence-electron chi connectivity index (χ2n) is 21.3. The molecule has 0 bridgehead atoms. The Morgan fingerprint density at radius 2 is 0.418 bits per heavy atom. The number of carbonyl (C=O) groups is 3. The predicted molar refractivity (Wildman–Crippen MR) is 314 cm³/mol. The summed E-state index contributed by atoms with van der Waals surface area (Å²) in [6.07, 6.45) is 62.5. The summed E-state index contributed by atoms with van der Waals surface area (Å²) in [5.74, 6) is -0.157. The van der Waals surface area contributed by atoms with Gasteiger partial charge in [0.15, 0.2) is 76.6 Å². The molecule has 0 atom stereocenters. The first kappa shape index (κ1) is 80.5. The van der Waals surface area contributed by atoms with Crippen molar-refractivity contribution in [2.24, 2.45) is 0 Å². The maximum absolute atomic E-state index is 11.7. The first-order valence-corrected chi connectivity index (χ1v) is 31.8. The summed E-state index contributed by atoms with van der Waals surface area (Å²) in [7, 11) is 0. The molecule has 3 heterocycles. The molecular formula is C67H116Br3N3O6. The number of aromatic nitrogens is 3. The van der Waals surface area contributed by atoms with Crippen LogP contribution in [0.15, 0.2) is 91.8 Å². The van der Waals surface area contributed by atoms with E-state index >= 15 is 0 Å². The molecule has 0 unspecified atom stereocenters. The van der Waals surface area contributed by atoms with E-state index in [0.717, 1.165) is 58.2 Å². The van der Waals surface area contributed by atoms with Gasteiger partial charge in [-0.15, -0.1) is 0 Å². The van der Waals surface area contributed by atoms with Gasteiger partial charge < -0.3 is 65.2 Å². The van der Waals surface area contributed by atoms with E-state index in [2.05, 4.69) is 20.8 Å². The van der Waals surface area contributed by atoms with Crippen LogP contribution in [0.5, 0.6) is 0 Å². The van der Waals surface area contributed by atoms with Crippen LogP contribution >= 0.6 is 0 Å². The largest absolute Gasteiger partial charge is 1.00 e. The molecule has 0 saturated carbocycles. The third-order valence-electron chi connectivity index (χ3n) is 14.1. The number of esters is 3. The molecule has 0 aliphatic heterocycles. The average Bonchev–Trinajstić information content (AvgIpc) is 3.44. The smallest absolute Gasteiger partial charge is 0.306 e. The maximum Gasteiger partial charge on any atom is 0.306 e. The van der Waals surface area contributed by atoms with Crippen molar-refractivity contribution in [1.82, 2.24) is 0 Å². The monoisotopic (exact) mass is 1300 g/mol. The van der Waals surface area contributed by atoms with Crippen molar-refractivity contribution in [2.75, 3.05) is 19.8 Å². The molecule has 9 nitrogen and oxygen atoms in total. The summed E-state index contributed by atoms with van der Waals surface area (Å²) in [5.41, 5.74) is 0. The standard InChI is InChI=1S/C25H44NO2.C23H40NO2.C19H32NO2.3BrH/c1-2-3-4-5-6-7-8-9-10-11-12-13-14-15-17-20-25(27)28-24-23-26-21-18-16-19-22-26;1-2-3-4-5-6-7-8-9-10-11-12-13-15-18-23(25)26-22-21-24-19-16-14-17-20-24;1-2-3-4-5-6-7-8-9-11-14-19(21)22-18-17-20-15-12-10-13-16-20;;;/h16,18-19,21-22H,2-15,17,20,23-24H2,1H3;14,16-17,19-20H,2-13,15,18,21-22H2,1H3;10,12-13,15-16H,2-9,11,14,17-18H2,1H3;3*1H/q3*+1;;;/p-3. The van der Waals surface area contributed by atoms with Crippen molar-refractivity contribution in [2.45, 2.75) is 297 Å².